The number of hydrogen-bond acceptors (Lipinski definition) is 4. The highest BCUT2D eigenvalue weighted by Gasteiger charge is 2.95. The fraction of sp³-hybridized carbons (Fsp3) is 0.840. The molecule has 0 amide bonds. The zero-order chi connectivity index (χ0) is 41.3. The van der Waals surface area contributed by atoms with Gasteiger partial charge in [-0.15, -0.1) is 0 Å². The second kappa shape index (κ2) is 13.3. The summed E-state index contributed by atoms with van der Waals surface area (Å²) in [5.41, 5.74) is -13.3. The van der Waals surface area contributed by atoms with Crippen molar-refractivity contribution in [1.29, 1.82) is 0 Å². The van der Waals surface area contributed by atoms with Crippen molar-refractivity contribution in [2.75, 3.05) is 24.6 Å². The van der Waals surface area contributed by atoms with Crippen molar-refractivity contribution in [2.45, 2.75) is 107 Å². The largest absolute Gasteiger partial charge is 0.460 e. The van der Waals surface area contributed by atoms with E-state index in [4.69, 9.17) is 9.05 Å². The molecule has 0 heterocycles. The van der Waals surface area contributed by atoms with E-state index in [1.54, 1.807) is 0 Å². The molecule has 0 spiro atoms. The molecule has 302 valence electrons. The Hall–Kier alpha value is -1.54. The summed E-state index contributed by atoms with van der Waals surface area (Å²) in [6, 6.07) is 0. The summed E-state index contributed by atoms with van der Waals surface area (Å²) in [4.78, 5) is 0. The van der Waals surface area contributed by atoms with Gasteiger partial charge in [0, 0.05) is 30.2 Å². The van der Waals surface area contributed by atoms with Crippen molar-refractivity contribution in [1.82, 2.24) is 0 Å². The van der Waals surface area contributed by atoms with Crippen LogP contribution in [-0.4, -0.2) is 89.7 Å². The first-order chi connectivity index (χ1) is 22.1. The van der Waals surface area contributed by atoms with Crippen LogP contribution >= 0.6 is 14.7 Å². The molecule has 2 unspecified atom stereocenters. The lowest BCUT2D eigenvalue weighted by molar-refractivity contribution is -0.460. The van der Waals surface area contributed by atoms with Gasteiger partial charge in [0.05, 0.1) is 5.57 Å². The van der Waals surface area contributed by atoms with Crippen LogP contribution in [0.4, 0.5) is 87.8 Å². The van der Waals surface area contributed by atoms with Gasteiger partial charge in [-0.3, -0.25) is 9.13 Å². The molecule has 0 N–H and O–H groups in total. The van der Waals surface area contributed by atoms with E-state index < -0.39 is 128 Å². The van der Waals surface area contributed by atoms with Gasteiger partial charge in [0.15, 0.2) is 0 Å². The van der Waals surface area contributed by atoms with E-state index in [9.17, 15) is 79.4 Å². The van der Waals surface area contributed by atoms with Crippen LogP contribution in [0.5, 0.6) is 0 Å². The molecular weight excluding hydrogens is 806 g/mol. The molecule has 1 aliphatic carbocycles. The summed E-state index contributed by atoms with van der Waals surface area (Å²) in [5.74, 6) is -59.7. The quantitative estimate of drug-likeness (QED) is 0.0937. The molecular formula is C25H28F20O4P2. The molecule has 26 heteroatoms. The maximum atomic E-state index is 15.9. The third kappa shape index (κ3) is 7.33. The topological polar surface area (TPSA) is 52.6 Å². The van der Waals surface area contributed by atoms with Gasteiger partial charge in [-0.05, 0) is 26.0 Å². The van der Waals surface area contributed by atoms with Gasteiger partial charge < -0.3 is 9.05 Å². The predicted octanol–water partition coefficient (Wildman–Crippen LogP) is 11.6. The summed E-state index contributed by atoms with van der Waals surface area (Å²) in [6.07, 6.45) is -18.6. The lowest BCUT2D eigenvalue weighted by Gasteiger charge is -2.48. The van der Waals surface area contributed by atoms with Crippen LogP contribution in [-0.2, 0) is 18.2 Å². The van der Waals surface area contributed by atoms with Crippen molar-refractivity contribution in [3.63, 3.8) is 0 Å². The summed E-state index contributed by atoms with van der Waals surface area (Å²) in [7, 11) is -9.17. The molecule has 51 heavy (non-hydrogen) atoms. The van der Waals surface area contributed by atoms with E-state index in [0.717, 1.165) is 27.7 Å². The zero-order valence-corrected chi connectivity index (χ0v) is 28.4. The first kappa shape index (κ1) is 47.5. The number of hydrogen-bond donors (Lipinski definition) is 0. The van der Waals surface area contributed by atoms with Crippen molar-refractivity contribution in [3.8, 4) is 0 Å². The highest BCUT2D eigenvalue weighted by atomic mass is 31.2. The summed E-state index contributed by atoms with van der Waals surface area (Å²) >= 11 is 0. The van der Waals surface area contributed by atoms with Crippen molar-refractivity contribution >= 4 is 14.7 Å². The van der Waals surface area contributed by atoms with E-state index >= 15 is 17.6 Å². The molecule has 2 atom stereocenters. The molecule has 0 bridgehead atoms. The van der Waals surface area contributed by atoms with Gasteiger partial charge in [-0.1, -0.05) is 27.7 Å². The minimum atomic E-state index is -8.98. The highest BCUT2D eigenvalue weighted by molar-refractivity contribution is 7.59. The standard InChI is InChI=1S/C25H28F20O4P2/c1-7-50(46,8-2)48-15(5)12-14(18(28,29)30)16(6,49-51(47,9-3)10-4)11-13(15)17(26,27)19(31,32)20(33,34)21(35,36)22(37,38)23(39,40)24(41,42)25(43,44)45/h11-12H,7-10H2,1-6H3. The van der Waals surface area contributed by atoms with Gasteiger partial charge in [-0.25, -0.2) is 0 Å². The Bertz CT molecular complexity index is 1450. The molecule has 0 aliphatic heterocycles. The smallest absolute Gasteiger partial charge is 0.313 e. The van der Waals surface area contributed by atoms with E-state index in [2.05, 4.69) is 0 Å². The normalized spacial score (nSPS) is 22.9. The summed E-state index contributed by atoms with van der Waals surface area (Å²) in [6.45, 7) is 3.70. The van der Waals surface area contributed by atoms with Crippen LogP contribution in [0.25, 0.3) is 0 Å². The van der Waals surface area contributed by atoms with E-state index in [0.29, 0.717) is 0 Å². The summed E-state index contributed by atoms with van der Waals surface area (Å²) in [5, 5.41) is 0. The molecule has 1 rings (SSSR count). The minimum Gasteiger partial charge on any atom is -0.313 e. The molecule has 1 aliphatic rings. The average molecular weight is 834 g/mol. The van der Waals surface area contributed by atoms with Crippen LogP contribution in [0.1, 0.15) is 41.5 Å². The Labute approximate surface area is 275 Å². The molecule has 0 fully saturated rings. The zero-order valence-electron chi connectivity index (χ0n) is 26.6. The Morgan fingerprint density at radius 2 is 0.725 bits per heavy atom. The number of alkyl halides is 20. The highest BCUT2D eigenvalue weighted by Crippen LogP contribution is 2.67. The molecule has 0 radical (unpaired) electrons. The number of rotatable bonds is 15. The van der Waals surface area contributed by atoms with E-state index in [1.807, 2.05) is 0 Å². The van der Waals surface area contributed by atoms with Crippen molar-refractivity contribution < 1.29 is 106 Å². The molecule has 0 saturated carbocycles. The maximum absolute atomic E-state index is 15.9. The second-order valence-electron chi connectivity index (χ2n) is 11.4. The lowest BCUT2D eigenvalue weighted by Crippen LogP contribution is -2.75. The Kier molecular flexibility index (Phi) is 12.4. The van der Waals surface area contributed by atoms with E-state index in [1.165, 1.54) is 0 Å². The maximum Gasteiger partial charge on any atom is 0.460 e. The van der Waals surface area contributed by atoms with Crippen molar-refractivity contribution in [2.24, 2.45) is 0 Å². The fourth-order valence-corrected chi connectivity index (χ4v) is 7.73. The SMILES string of the molecule is CCP(=O)(CC)OC1(C)C=C(C(F)(F)C(F)(F)C(F)(F)C(F)(F)C(F)(F)C(F)(F)C(F)(F)C(F)(F)F)C(C)(OP(=O)(CC)CC)C=C1C(F)(F)F. The van der Waals surface area contributed by atoms with Gasteiger partial charge in [0.1, 0.15) is 11.2 Å². The first-order valence-corrected chi connectivity index (χ1v) is 17.9. The minimum absolute atomic E-state index is 0.0536. The Morgan fingerprint density at radius 3 is 1.00 bits per heavy atom. The molecule has 0 aromatic rings. The molecule has 0 saturated heterocycles. The van der Waals surface area contributed by atoms with Crippen LogP contribution in [0.3, 0.4) is 0 Å². The summed E-state index contributed by atoms with van der Waals surface area (Å²) < 4.78 is 319. The second-order valence-corrected chi connectivity index (χ2v) is 17.6. The van der Waals surface area contributed by atoms with Gasteiger partial charge in [0.25, 0.3) is 0 Å². The monoisotopic (exact) mass is 834 g/mol. The van der Waals surface area contributed by atoms with E-state index in [-0.39, 0.29) is 13.8 Å². The average Bonchev–Trinajstić information content (AvgIpc) is 2.96. The van der Waals surface area contributed by atoms with Crippen LogP contribution in [0, 0.1) is 0 Å². The third-order valence-corrected chi connectivity index (χ3v) is 13.2. The lowest BCUT2D eigenvalue weighted by atomic mass is 9.74. The van der Waals surface area contributed by atoms with Crippen LogP contribution in [0.2, 0.25) is 0 Å². The van der Waals surface area contributed by atoms with Crippen LogP contribution in [0.15, 0.2) is 23.3 Å². The Balaban J connectivity index is 4.40. The number of halogens is 20. The predicted molar refractivity (Wildman–Crippen MR) is 139 cm³/mol. The Morgan fingerprint density at radius 1 is 0.471 bits per heavy atom. The fourth-order valence-electron chi connectivity index (χ4n) is 4.64. The van der Waals surface area contributed by atoms with Crippen molar-refractivity contribution in [3.05, 3.63) is 23.3 Å². The molecule has 4 nitrogen and oxygen atoms in total. The van der Waals surface area contributed by atoms with Gasteiger partial charge in [-0.2, -0.15) is 87.8 Å². The van der Waals surface area contributed by atoms with Gasteiger partial charge >= 0.3 is 53.8 Å². The first-order valence-electron chi connectivity index (χ1n) is 13.9. The van der Waals surface area contributed by atoms with Gasteiger partial charge in [0.2, 0.25) is 14.7 Å². The molecule has 0 aromatic heterocycles. The van der Waals surface area contributed by atoms with Crippen LogP contribution < -0.4 is 0 Å². The third-order valence-electron chi connectivity index (χ3n) is 7.91. The molecule has 0 aromatic carbocycles.